The molecule has 0 fully saturated rings. The predicted octanol–water partition coefficient (Wildman–Crippen LogP) is 6.01. The van der Waals surface area contributed by atoms with Crippen molar-refractivity contribution in [3.8, 4) is 22.4 Å². The van der Waals surface area contributed by atoms with Crippen molar-refractivity contribution in [2.24, 2.45) is 0 Å². The molecule has 0 atom stereocenters. The minimum Gasteiger partial charge on any atom is -0.298 e. The van der Waals surface area contributed by atoms with Crippen LogP contribution in [0.1, 0.15) is 10.4 Å². The van der Waals surface area contributed by atoms with E-state index in [4.69, 9.17) is 0 Å². The number of hydrogen-bond donors (Lipinski definition) is 1. The molecule has 28 heavy (non-hydrogen) atoms. The predicted molar refractivity (Wildman–Crippen MR) is 107 cm³/mol. The van der Waals surface area contributed by atoms with Gasteiger partial charge in [-0.15, -0.1) is 11.3 Å². The minimum absolute atomic E-state index is 0.286. The zero-order valence-electron chi connectivity index (χ0n) is 14.5. The summed E-state index contributed by atoms with van der Waals surface area (Å²) < 4.78 is 26.5. The highest BCUT2D eigenvalue weighted by atomic mass is 32.1. The van der Waals surface area contributed by atoms with E-state index in [1.807, 2.05) is 42.5 Å². The molecule has 0 saturated carbocycles. The fourth-order valence-corrected chi connectivity index (χ4v) is 3.45. The lowest BCUT2D eigenvalue weighted by Crippen LogP contribution is -2.11. The Bertz CT molecular complexity index is 1130. The summed E-state index contributed by atoms with van der Waals surface area (Å²) in [7, 11) is 0. The van der Waals surface area contributed by atoms with Crippen molar-refractivity contribution < 1.29 is 13.6 Å². The monoisotopic (exact) mass is 392 g/mol. The number of anilines is 1. The first-order chi connectivity index (χ1) is 13.6. The molecular formula is C22H14F2N2OS. The quantitative estimate of drug-likeness (QED) is 0.462. The molecule has 1 N–H and O–H groups in total. The molecule has 4 rings (SSSR count). The van der Waals surface area contributed by atoms with Crippen LogP contribution in [0.2, 0.25) is 0 Å². The Morgan fingerprint density at radius 1 is 0.821 bits per heavy atom. The van der Waals surface area contributed by atoms with Crippen molar-refractivity contribution in [3.05, 3.63) is 95.4 Å². The van der Waals surface area contributed by atoms with Crippen LogP contribution in [0.5, 0.6) is 0 Å². The molecule has 3 nitrogen and oxygen atoms in total. The summed E-state index contributed by atoms with van der Waals surface area (Å²) in [5.41, 5.74) is 3.52. The molecule has 1 aromatic heterocycles. The number of rotatable bonds is 4. The van der Waals surface area contributed by atoms with E-state index in [0.29, 0.717) is 22.0 Å². The van der Waals surface area contributed by atoms with Gasteiger partial charge in [-0.1, -0.05) is 42.5 Å². The van der Waals surface area contributed by atoms with Crippen molar-refractivity contribution in [1.29, 1.82) is 0 Å². The fourth-order valence-electron chi connectivity index (χ4n) is 2.73. The number of nitrogens with one attached hydrogen (secondary N) is 1. The van der Waals surface area contributed by atoms with Crippen LogP contribution in [0.3, 0.4) is 0 Å². The number of nitrogens with zero attached hydrogens (tertiary/aromatic N) is 1. The molecule has 0 spiro atoms. The summed E-state index contributed by atoms with van der Waals surface area (Å²) in [5.74, 6) is -2.13. The van der Waals surface area contributed by atoms with Crippen LogP contribution >= 0.6 is 11.3 Å². The van der Waals surface area contributed by atoms with Gasteiger partial charge in [0.05, 0.1) is 5.69 Å². The second kappa shape index (κ2) is 7.70. The number of carbonyl (C=O) groups excluding carboxylic acids is 1. The van der Waals surface area contributed by atoms with E-state index in [1.54, 1.807) is 17.5 Å². The Hall–Kier alpha value is -3.38. The summed E-state index contributed by atoms with van der Waals surface area (Å²) in [4.78, 5) is 16.7. The van der Waals surface area contributed by atoms with Gasteiger partial charge >= 0.3 is 0 Å². The van der Waals surface area contributed by atoms with E-state index in [1.165, 1.54) is 17.4 Å². The number of thiazole rings is 1. The number of amides is 1. The van der Waals surface area contributed by atoms with Gasteiger partial charge in [0.2, 0.25) is 0 Å². The maximum absolute atomic E-state index is 13.4. The third-order valence-corrected chi connectivity index (χ3v) is 4.95. The molecule has 138 valence electrons. The van der Waals surface area contributed by atoms with E-state index < -0.39 is 11.6 Å². The van der Waals surface area contributed by atoms with Crippen LogP contribution in [0.25, 0.3) is 22.4 Å². The second-order valence-corrected chi connectivity index (χ2v) is 6.92. The zero-order chi connectivity index (χ0) is 19.5. The van der Waals surface area contributed by atoms with Gasteiger partial charge in [0.25, 0.3) is 5.91 Å². The second-order valence-electron chi connectivity index (χ2n) is 6.06. The summed E-state index contributed by atoms with van der Waals surface area (Å²) in [5, 5.41) is 4.80. The first-order valence-electron chi connectivity index (χ1n) is 8.48. The number of aromatic nitrogens is 1. The van der Waals surface area contributed by atoms with E-state index in [9.17, 15) is 13.6 Å². The number of halogens is 2. The van der Waals surface area contributed by atoms with Crippen LogP contribution in [0, 0.1) is 11.6 Å². The molecule has 1 amide bonds. The molecule has 0 saturated heterocycles. The normalized spacial score (nSPS) is 10.6. The molecule has 0 unspecified atom stereocenters. The van der Waals surface area contributed by atoms with Crippen molar-refractivity contribution in [3.63, 3.8) is 0 Å². The van der Waals surface area contributed by atoms with Gasteiger partial charge in [-0.3, -0.25) is 10.1 Å². The highest BCUT2D eigenvalue weighted by molar-refractivity contribution is 7.14. The molecule has 6 heteroatoms. The molecule has 0 radical (unpaired) electrons. The molecule has 0 aliphatic carbocycles. The topological polar surface area (TPSA) is 42.0 Å². The maximum atomic E-state index is 13.4. The fraction of sp³-hybridized carbons (Fsp3) is 0. The largest absolute Gasteiger partial charge is 0.298 e. The Kier molecular flexibility index (Phi) is 4.95. The first kappa shape index (κ1) is 18.0. The van der Waals surface area contributed by atoms with Crippen LogP contribution < -0.4 is 5.32 Å². The highest BCUT2D eigenvalue weighted by Crippen LogP contribution is 2.26. The van der Waals surface area contributed by atoms with Crippen LogP contribution in [-0.2, 0) is 0 Å². The molecule has 0 aliphatic heterocycles. The first-order valence-corrected chi connectivity index (χ1v) is 9.36. The van der Waals surface area contributed by atoms with Gasteiger partial charge in [0, 0.05) is 16.5 Å². The Labute approximate surface area is 164 Å². The van der Waals surface area contributed by atoms with E-state index in [2.05, 4.69) is 10.3 Å². The van der Waals surface area contributed by atoms with Crippen LogP contribution in [-0.4, -0.2) is 10.9 Å². The number of carbonyl (C=O) groups is 1. The average molecular weight is 392 g/mol. The van der Waals surface area contributed by atoms with Gasteiger partial charge < -0.3 is 0 Å². The summed E-state index contributed by atoms with van der Waals surface area (Å²) in [6.07, 6.45) is 0. The maximum Gasteiger partial charge on any atom is 0.257 e. The standard InChI is InChI=1S/C22H14F2N2OS/c23-18-11-10-17(12-19(18)24)20-13-28-22(25-20)26-21(27)16-8-6-15(7-9-16)14-4-2-1-3-5-14/h1-13H,(H,25,26,27). The Balaban J connectivity index is 1.48. The lowest BCUT2D eigenvalue weighted by Gasteiger charge is -2.04. The third kappa shape index (κ3) is 3.82. The summed E-state index contributed by atoms with van der Waals surface area (Å²) in [6.45, 7) is 0. The number of benzene rings is 3. The van der Waals surface area contributed by atoms with Crippen molar-refractivity contribution in [1.82, 2.24) is 4.98 Å². The third-order valence-electron chi connectivity index (χ3n) is 4.19. The zero-order valence-corrected chi connectivity index (χ0v) is 15.3. The molecule has 4 aromatic rings. The van der Waals surface area contributed by atoms with E-state index in [-0.39, 0.29) is 5.91 Å². The lowest BCUT2D eigenvalue weighted by molar-refractivity contribution is 0.102. The van der Waals surface area contributed by atoms with Gasteiger partial charge in [0.1, 0.15) is 0 Å². The highest BCUT2D eigenvalue weighted by Gasteiger charge is 2.12. The van der Waals surface area contributed by atoms with Crippen molar-refractivity contribution in [2.75, 3.05) is 5.32 Å². The number of hydrogen-bond acceptors (Lipinski definition) is 3. The van der Waals surface area contributed by atoms with Gasteiger partial charge in [-0.2, -0.15) is 0 Å². The van der Waals surface area contributed by atoms with Crippen molar-refractivity contribution in [2.45, 2.75) is 0 Å². The van der Waals surface area contributed by atoms with Gasteiger partial charge in [-0.25, -0.2) is 13.8 Å². The molecule has 0 bridgehead atoms. The average Bonchev–Trinajstić information content (AvgIpc) is 3.19. The Morgan fingerprint density at radius 2 is 1.50 bits per heavy atom. The molecule has 0 aliphatic rings. The van der Waals surface area contributed by atoms with E-state index >= 15 is 0 Å². The van der Waals surface area contributed by atoms with Crippen LogP contribution in [0.15, 0.2) is 78.2 Å². The van der Waals surface area contributed by atoms with E-state index in [0.717, 1.165) is 23.3 Å². The minimum atomic E-state index is -0.936. The van der Waals surface area contributed by atoms with Gasteiger partial charge in [0.15, 0.2) is 16.8 Å². The van der Waals surface area contributed by atoms with Crippen molar-refractivity contribution >= 4 is 22.4 Å². The smallest absolute Gasteiger partial charge is 0.257 e. The summed E-state index contributed by atoms with van der Waals surface area (Å²) in [6, 6.07) is 20.7. The molecular weight excluding hydrogens is 378 g/mol. The molecule has 1 heterocycles. The summed E-state index contributed by atoms with van der Waals surface area (Å²) >= 11 is 1.22. The van der Waals surface area contributed by atoms with Gasteiger partial charge in [-0.05, 0) is 41.5 Å². The SMILES string of the molecule is O=C(Nc1nc(-c2ccc(F)c(F)c2)cs1)c1ccc(-c2ccccc2)cc1. The lowest BCUT2D eigenvalue weighted by atomic mass is 10.0. The Morgan fingerprint density at radius 3 is 2.21 bits per heavy atom. The van der Waals surface area contributed by atoms with Crippen LogP contribution in [0.4, 0.5) is 13.9 Å². The molecule has 3 aromatic carbocycles.